The Kier molecular flexibility index (Phi) is 4.35. The van der Waals surface area contributed by atoms with Gasteiger partial charge in [0.25, 0.3) is 0 Å². The Morgan fingerprint density at radius 3 is 3.07 bits per heavy atom. The van der Waals surface area contributed by atoms with Crippen molar-refractivity contribution >= 4 is 0 Å². The number of ether oxygens (including phenoxy) is 1. The van der Waals surface area contributed by atoms with Gasteiger partial charge >= 0.3 is 0 Å². The lowest BCUT2D eigenvalue weighted by Crippen LogP contribution is -2.16. The first-order valence-corrected chi connectivity index (χ1v) is 4.73. The molecule has 0 bridgehead atoms. The van der Waals surface area contributed by atoms with E-state index in [9.17, 15) is 0 Å². The Bertz CT molecular complexity index is 279. The van der Waals surface area contributed by atoms with Crippen molar-refractivity contribution in [3.63, 3.8) is 0 Å². The van der Waals surface area contributed by atoms with Crippen molar-refractivity contribution in [2.24, 2.45) is 5.73 Å². The Labute approximate surface area is 83.7 Å². The lowest BCUT2D eigenvalue weighted by Gasteiger charge is -2.13. The largest absolute Gasteiger partial charge is 0.477 e. The van der Waals surface area contributed by atoms with Gasteiger partial charge in [0.15, 0.2) is 0 Å². The van der Waals surface area contributed by atoms with Gasteiger partial charge in [0, 0.05) is 11.8 Å². The van der Waals surface area contributed by atoms with E-state index in [1.807, 2.05) is 13.0 Å². The van der Waals surface area contributed by atoms with E-state index in [1.165, 1.54) is 0 Å². The van der Waals surface area contributed by atoms with Gasteiger partial charge in [0.2, 0.25) is 5.88 Å². The van der Waals surface area contributed by atoms with Crippen LogP contribution in [0.5, 0.6) is 5.88 Å². The molecule has 0 amide bonds. The third-order valence-corrected chi connectivity index (χ3v) is 1.84. The summed E-state index contributed by atoms with van der Waals surface area (Å²) in [5, 5.41) is 8.93. The highest BCUT2D eigenvalue weighted by Gasteiger charge is 2.11. The second-order valence-corrected chi connectivity index (χ2v) is 3.04. The molecule has 0 radical (unpaired) electrons. The lowest BCUT2D eigenvalue weighted by atomic mass is 10.1. The summed E-state index contributed by atoms with van der Waals surface area (Å²) in [6.07, 6.45) is 2.57. The fourth-order valence-electron chi connectivity index (χ4n) is 1.10. The van der Waals surface area contributed by atoms with E-state index in [-0.39, 0.29) is 6.61 Å². The standard InChI is InChI=1S/C10H16N2O2/c1-2-6-14-10-8(9(11)7-13)4-3-5-12-10/h3-5,9,13H,2,6-7,11H2,1H3/t9-/m0/s1. The molecule has 3 N–H and O–H groups in total. The summed E-state index contributed by atoms with van der Waals surface area (Å²) < 4.78 is 5.41. The van der Waals surface area contributed by atoms with E-state index in [2.05, 4.69) is 4.98 Å². The van der Waals surface area contributed by atoms with Crippen LogP contribution < -0.4 is 10.5 Å². The van der Waals surface area contributed by atoms with Crippen LogP contribution in [-0.4, -0.2) is 23.3 Å². The maximum atomic E-state index is 8.93. The van der Waals surface area contributed by atoms with Gasteiger partial charge in [-0.3, -0.25) is 0 Å². The molecule has 0 aliphatic rings. The van der Waals surface area contributed by atoms with Crippen LogP contribution in [0.4, 0.5) is 0 Å². The molecule has 0 aromatic carbocycles. The molecule has 78 valence electrons. The third kappa shape index (κ3) is 2.68. The van der Waals surface area contributed by atoms with Gasteiger partial charge in [-0.05, 0) is 12.5 Å². The minimum atomic E-state index is -0.421. The second kappa shape index (κ2) is 5.57. The number of hydrogen-bond acceptors (Lipinski definition) is 4. The number of rotatable bonds is 5. The van der Waals surface area contributed by atoms with E-state index in [0.29, 0.717) is 12.5 Å². The molecule has 4 nitrogen and oxygen atoms in total. The summed E-state index contributed by atoms with van der Waals surface area (Å²) in [4.78, 5) is 4.07. The zero-order valence-electron chi connectivity index (χ0n) is 8.31. The molecule has 0 fully saturated rings. The molecule has 14 heavy (non-hydrogen) atoms. The maximum Gasteiger partial charge on any atom is 0.218 e. The van der Waals surface area contributed by atoms with Crippen LogP contribution in [0, 0.1) is 0 Å². The quantitative estimate of drug-likeness (QED) is 0.733. The zero-order valence-corrected chi connectivity index (χ0v) is 8.31. The molecule has 0 saturated carbocycles. The Morgan fingerprint density at radius 1 is 1.64 bits per heavy atom. The average molecular weight is 196 g/mol. The second-order valence-electron chi connectivity index (χ2n) is 3.04. The van der Waals surface area contributed by atoms with Crippen molar-refractivity contribution in [1.29, 1.82) is 0 Å². The van der Waals surface area contributed by atoms with E-state index in [0.717, 1.165) is 12.0 Å². The summed E-state index contributed by atoms with van der Waals surface area (Å²) in [5.74, 6) is 0.524. The first-order valence-electron chi connectivity index (χ1n) is 4.73. The lowest BCUT2D eigenvalue weighted by molar-refractivity contribution is 0.257. The average Bonchev–Trinajstić information content (AvgIpc) is 2.25. The van der Waals surface area contributed by atoms with Crippen LogP contribution in [0.1, 0.15) is 24.9 Å². The summed E-state index contributed by atoms with van der Waals surface area (Å²) in [6.45, 7) is 2.53. The molecule has 1 heterocycles. The van der Waals surface area contributed by atoms with Crippen LogP contribution in [0.15, 0.2) is 18.3 Å². The van der Waals surface area contributed by atoms with E-state index in [4.69, 9.17) is 15.6 Å². The smallest absolute Gasteiger partial charge is 0.218 e. The number of aliphatic hydroxyl groups is 1. The van der Waals surface area contributed by atoms with Crippen molar-refractivity contribution < 1.29 is 9.84 Å². The highest BCUT2D eigenvalue weighted by molar-refractivity contribution is 5.28. The first kappa shape index (κ1) is 10.9. The predicted molar refractivity (Wildman–Crippen MR) is 54.0 cm³/mol. The summed E-state index contributed by atoms with van der Waals surface area (Å²) in [6, 6.07) is 3.18. The third-order valence-electron chi connectivity index (χ3n) is 1.84. The summed E-state index contributed by atoms with van der Waals surface area (Å²) in [5.41, 5.74) is 6.45. The van der Waals surface area contributed by atoms with Gasteiger partial charge in [-0.2, -0.15) is 0 Å². The predicted octanol–water partition coefficient (Wildman–Crippen LogP) is 0.862. The number of aromatic nitrogens is 1. The molecule has 0 spiro atoms. The number of nitrogens with two attached hydrogens (primary N) is 1. The number of hydrogen-bond donors (Lipinski definition) is 2. The van der Waals surface area contributed by atoms with Crippen LogP contribution in [0.3, 0.4) is 0 Å². The van der Waals surface area contributed by atoms with Crippen LogP contribution in [-0.2, 0) is 0 Å². The van der Waals surface area contributed by atoms with Crippen LogP contribution in [0.25, 0.3) is 0 Å². The van der Waals surface area contributed by atoms with Crippen molar-refractivity contribution in [3.05, 3.63) is 23.9 Å². The first-order chi connectivity index (χ1) is 6.79. The van der Waals surface area contributed by atoms with Crippen LogP contribution in [0.2, 0.25) is 0 Å². The van der Waals surface area contributed by atoms with Gasteiger partial charge in [-0.15, -0.1) is 0 Å². The highest BCUT2D eigenvalue weighted by Crippen LogP contribution is 2.20. The molecule has 1 rings (SSSR count). The molecular formula is C10H16N2O2. The molecule has 1 aromatic rings. The normalized spacial score (nSPS) is 12.5. The van der Waals surface area contributed by atoms with E-state index in [1.54, 1.807) is 12.3 Å². The van der Waals surface area contributed by atoms with Crippen molar-refractivity contribution in [3.8, 4) is 5.88 Å². The van der Waals surface area contributed by atoms with Gasteiger partial charge in [0.1, 0.15) is 0 Å². The molecule has 0 aliphatic heterocycles. The van der Waals surface area contributed by atoms with Crippen molar-refractivity contribution in [2.75, 3.05) is 13.2 Å². The topological polar surface area (TPSA) is 68.4 Å². The minimum absolute atomic E-state index is 0.103. The Hall–Kier alpha value is -1.13. The molecular weight excluding hydrogens is 180 g/mol. The van der Waals surface area contributed by atoms with Gasteiger partial charge in [-0.25, -0.2) is 4.98 Å². The molecule has 1 atom stereocenters. The van der Waals surface area contributed by atoms with Crippen LogP contribution >= 0.6 is 0 Å². The number of pyridine rings is 1. The fraction of sp³-hybridized carbons (Fsp3) is 0.500. The molecule has 0 unspecified atom stereocenters. The Balaban J connectivity index is 2.79. The SMILES string of the molecule is CCCOc1ncccc1[C@@H](N)CO. The highest BCUT2D eigenvalue weighted by atomic mass is 16.5. The van der Waals surface area contributed by atoms with Gasteiger partial charge < -0.3 is 15.6 Å². The van der Waals surface area contributed by atoms with Gasteiger partial charge in [0.05, 0.1) is 19.3 Å². The number of aliphatic hydroxyl groups excluding tert-OH is 1. The minimum Gasteiger partial charge on any atom is -0.477 e. The molecule has 1 aromatic heterocycles. The Morgan fingerprint density at radius 2 is 2.43 bits per heavy atom. The molecule has 4 heteroatoms. The summed E-state index contributed by atoms with van der Waals surface area (Å²) in [7, 11) is 0. The van der Waals surface area contributed by atoms with E-state index >= 15 is 0 Å². The number of nitrogens with zero attached hydrogens (tertiary/aromatic N) is 1. The maximum absolute atomic E-state index is 8.93. The van der Waals surface area contributed by atoms with Crippen molar-refractivity contribution in [1.82, 2.24) is 4.98 Å². The van der Waals surface area contributed by atoms with E-state index < -0.39 is 6.04 Å². The molecule has 0 saturated heterocycles. The fourth-order valence-corrected chi connectivity index (χ4v) is 1.10. The van der Waals surface area contributed by atoms with Crippen molar-refractivity contribution in [2.45, 2.75) is 19.4 Å². The monoisotopic (exact) mass is 196 g/mol. The zero-order chi connectivity index (χ0) is 10.4. The molecule has 0 aliphatic carbocycles. The van der Waals surface area contributed by atoms with Gasteiger partial charge in [-0.1, -0.05) is 13.0 Å². The summed E-state index contributed by atoms with van der Waals surface area (Å²) >= 11 is 0.